The fourth-order valence-electron chi connectivity index (χ4n) is 6.47. The molecule has 0 radical (unpaired) electrons. The lowest BCUT2D eigenvalue weighted by Gasteiger charge is -2.22. The minimum atomic E-state index is -1.22. The van der Waals surface area contributed by atoms with E-state index in [-0.39, 0.29) is 46.7 Å². The molecule has 2 bridgehead atoms. The highest BCUT2D eigenvalue weighted by atomic mass is 16.5. The van der Waals surface area contributed by atoms with E-state index in [1.165, 1.54) is 18.1 Å². The Morgan fingerprint density at radius 2 is 1.42 bits per heavy atom. The molecular weight excluding hydrogens is 482 g/mol. The third-order valence-electron chi connectivity index (χ3n) is 8.23. The van der Waals surface area contributed by atoms with Gasteiger partial charge in [0.2, 0.25) is 17.6 Å². The maximum absolute atomic E-state index is 13.6. The van der Waals surface area contributed by atoms with E-state index >= 15 is 0 Å². The number of ether oxygens (including phenoxy) is 2. The van der Waals surface area contributed by atoms with Crippen LogP contribution in [0.1, 0.15) is 51.6 Å². The van der Waals surface area contributed by atoms with Crippen molar-refractivity contribution in [3.8, 4) is 5.75 Å². The van der Waals surface area contributed by atoms with Crippen LogP contribution < -0.4 is 9.64 Å². The Morgan fingerprint density at radius 1 is 0.816 bits per heavy atom. The zero-order valence-corrected chi connectivity index (χ0v) is 20.9. The van der Waals surface area contributed by atoms with E-state index < -0.39 is 17.9 Å². The summed E-state index contributed by atoms with van der Waals surface area (Å²) in [6.45, 7) is 0. The second-order valence-electron chi connectivity index (χ2n) is 10.2. The molecule has 0 N–H and O–H groups in total. The molecule has 3 aromatic rings. The van der Waals surface area contributed by atoms with Crippen molar-refractivity contribution in [1.82, 2.24) is 0 Å². The van der Waals surface area contributed by atoms with Crippen molar-refractivity contribution < 1.29 is 28.7 Å². The highest BCUT2D eigenvalue weighted by molar-refractivity contribution is 6.24. The molecule has 38 heavy (non-hydrogen) atoms. The second kappa shape index (κ2) is 9.56. The Hall–Kier alpha value is -4.26. The summed E-state index contributed by atoms with van der Waals surface area (Å²) in [7, 11) is 1.54. The van der Waals surface area contributed by atoms with Gasteiger partial charge in [0.1, 0.15) is 5.75 Å². The number of para-hydroxylation sites is 1. The third kappa shape index (κ3) is 3.90. The van der Waals surface area contributed by atoms with Gasteiger partial charge in [-0.3, -0.25) is 14.4 Å². The van der Waals surface area contributed by atoms with Gasteiger partial charge in [0.25, 0.3) is 0 Å². The number of fused-ring (bicyclic) bond motifs is 5. The van der Waals surface area contributed by atoms with E-state index in [1.807, 2.05) is 6.07 Å². The van der Waals surface area contributed by atoms with Gasteiger partial charge in [-0.15, -0.1) is 0 Å². The van der Waals surface area contributed by atoms with Crippen LogP contribution in [0, 0.1) is 23.7 Å². The van der Waals surface area contributed by atoms with Crippen LogP contribution in [-0.2, 0) is 14.3 Å². The second-order valence-corrected chi connectivity index (χ2v) is 10.2. The number of anilines is 1. The minimum Gasteiger partial charge on any atom is -0.497 e. The molecule has 2 amide bonds. The Kier molecular flexibility index (Phi) is 6.06. The first-order valence-corrected chi connectivity index (χ1v) is 12.9. The SMILES string of the molecule is COc1ccc(C(=O)[C@@H](OC(=O)c2ccccc2N2C(=O)[C@H]3[C@@H]4CC[C@@H](C4)[C@@H]3C2=O)c2ccccc2)cc1. The molecule has 7 heteroatoms. The highest BCUT2D eigenvalue weighted by Gasteiger charge is 2.61. The smallest absolute Gasteiger partial charge is 0.341 e. The quantitative estimate of drug-likeness (QED) is 0.253. The van der Waals surface area contributed by atoms with Gasteiger partial charge in [-0.25, -0.2) is 9.69 Å². The van der Waals surface area contributed by atoms with Gasteiger partial charge in [0.15, 0.2) is 6.10 Å². The van der Waals surface area contributed by atoms with Crippen LogP contribution >= 0.6 is 0 Å². The Labute approximate surface area is 220 Å². The molecular formula is C31H27NO6. The molecule has 2 aliphatic carbocycles. The summed E-state index contributed by atoms with van der Waals surface area (Å²) in [5.41, 5.74) is 1.16. The van der Waals surface area contributed by atoms with Gasteiger partial charge in [0, 0.05) is 11.1 Å². The molecule has 6 rings (SSSR count). The van der Waals surface area contributed by atoms with Crippen molar-refractivity contribution in [2.24, 2.45) is 23.7 Å². The van der Waals surface area contributed by atoms with E-state index in [1.54, 1.807) is 66.7 Å². The molecule has 1 aliphatic heterocycles. The third-order valence-corrected chi connectivity index (χ3v) is 8.23. The summed E-state index contributed by atoms with van der Waals surface area (Å²) >= 11 is 0. The number of hydrogen-bond acceptors (Lipinski definition) is 6. The summed E-state index contributed by atoms with van der Waals surface area (Å²) in [6, 6.07) is 21.8. The average Bonchev–Trinajstić information content (AvgIpc) is 3.65. The molecule has 0 unspecified atom stereocenters. The summed E-state index contributed by atoms with van der Waals surface area (Å²) in [4.78, 5) is 55.2. The Bertz CT molecular complexity index is 1390. The summed E-state index contributed by atoms with van der Waals surface area (Å²) in [5.74, 6) is -1.20. The first kappa shape index (κ1) is 24.1. The number of ketones is 1. The maximum Gasteiger partial charge on any atom is 0.341 e. The number of hydrogen-bond donors (Lipinski definition) is 0. The number of esters is 1. The maximum atomic E-state index is 13.6. The number of imide groups is 1. The number of Topliss-reactive ketones (excluding diaryl/α,β-unsaturated/α-hetero) is 1. The lowest BCUT2D eigenvalue weighted by molar-refractivity contribution is -0.123. The van der Waals surface area contributed by atoms with Crippen LogP contribution in [0.2, 0.25) is 0 Å². The van der Waals surface area contributed by atoms with E-state index in [0.717, 1.165) is 19.3 Å². The number of methoxy groups -OCH3 is 1. The van der Waals surface area contributed by atoms with Crippen LogP contribution in [0.5, 0.6) is 5.75 Å². The van der Waals surface area contributed by atoms with Gasteiger partial charge in [0.05, 0.1) is 30.2 Å². The van der Waals surface area contributed by atoms with E-state index in [0.29, 0.717) is 16.9 Å². The first-order chi connectivity index (χ1) is 18.5. The van der Waals surface area contributed by atoms with Crippen LogP contribution in [0.3, 0.4) is 0 Å². The largest absolute Gasteiger partial charge is 0.497 e. The lowest BCUT2D eigenvalue weighted by Crippen LogP contribution is -2.34. The van der Waals surface area contributed by atoms with Gasteiger partial charge in [-0.05, 0) is 67.5 Å². The van der Waals surface area contributed by atoms with Crippen molar-refractivity contribution in [2.45, 2.75) is 25.4 Å². The average molecular weight is 510 g/mol. The topological polar surface area (TPSA) is 90.0 Å². The number of rotatable bonds is 7. The van der Waals surface area contributed by atoms with Crippen molar-refractivity contribution in [1.29, 1.82) is 0 Å². The minimum absolute atomic E-state index is 0.0741. The van der Waals surface area contributed by atoms with Gasteiger partial charge in [-0.2, -0.15) is 0 Å². The van der Waals surface area contributed by atoms with Crippen LogP contribution in [-0.4, -0.2) is 30.7 Å². The fourth-order valence-corrected chi connectivity index (χ4v) is 6.47. The standard InChI is InChI=1S/C31H27NO6/c1-37-22-15-13-18(14-16-22)27(33)28(19-7-3-2-4-8-19)38-31(36)23-9-5-6-10-24(23)32-29(34)25-20-11-12-21(17-20)26(25)30(32)35/h2-10,13-16,20-21,25-26,28H,11-12,17H2,1H3/t20-,21+,25-,26-,28-/m0/s1. The Morgan fingerprint density at radius 3 is 2.05 bits per heavy atom. The molecule has 3 aliphatic rings. The van der Waals surface area contributed by atoms with Gasteiger partial charge < -0.3 is 9.47 Å². The summed E-state index contributed by atoms with van der Waals surface area (Å²) in [6.07, 6.45) is 1.64. The predicted molar refractivity (Wildman–Crippen MR) is 139 cm³/mol. The molecule has 7 nitrogen and oxygen atoms in total. The molecule has 3 aromatic carbocycles. The fraction of sp³-hybridized carbons (Fsp3) is 0.290. The highest BCUT2D eigenvalue weighted by Crippen LogP contribution is 2.56. The molecule has 192 valence electrons. The summed E-state index contributed by atoms with van der Waals surface area (Å²) < 4.78 is 11.0. The number of nitrogens with zero attached hydrogens (tertiary/aromatic N) is 1. The van der Waals surface area contributed by atoms with Crippen molar-refractivity contribution in [3.63, 3.8) is 0 Å². The van der Waals surface area contributed by atoms with Crippen LogP contribution in [0.15, 0.2) is 78.9 Å². The first-order valence-electron chi connectivity index (χ1n) is 12.9. The van der Waals surface area contributed by atoms with Crippen LogP contribution in [0.25, 0.3) is 0 Å². The zero-order chi connectivity index (χ0) is 26.4. The molecule has 0 aromatic heterocycles. The monoisotopic (exact) mass is 509 g/mol. The number of benzene rings is 3. The molecule has 2 saturated carbocycles. The van der Waals surface area contributed by atoms with Crippen LogP contribution in [0.4, 0.5) is 5.69 Å². The Balaban J connectivity index is 1.32. The summed E-state index contributed by atoms with van der Waals surface area (Å²) in [5, 5.41) is 0. The van der Waals surface area contributed by atoms with E-state index in [4.69, 9.17) is 9.47 Å². The van der Waals surface area contributed by atoms with Crippen molar-refractivity contribution >= 4 is 29.3 Å². The lowest BCUT2D eigenvalue weighted by atomic mass is 9.81. The number of amides is 2. The van der Waals surface area contributed by atoms with Crippen molar-refractivity contribution in [2.75, 3.05) is 12.0 Å². The molecule has 1 heterocycles. The van der Waals surface area contributed by atoms with Gasteiger partial charge >= 0.3 is 5.97 Å². The molecule has 1 saturated heterocycles. The number of carbonyl (C=O) groups is 4. The zero-order valence-electron chi connectivity index (χ0n) is 20.9. The van der Waals surface area contributed by atoms with E-state index in [2.05, 4.69) is 0 Å². The molecule has 0 spiro atoms. The molecule has 5 atom stereocenters. The van der Waals surface area contributed by atoms with E-state index in [9.17, 15) is 19.2 Å². The van der Waals surface area contributed by atoms with Gasteiger partial charge in [-0.1, -0.05) is 42.5 Å². The van der Waals surface area contributed by atoms with Crippen molar-refractivity contribution in [3.05, 3.63) is 95.6 Å². The predicted octanol–water partition coefficient (Wildman–Crippen LogP) is 5.01. The number of carbonyl (C=O) groups excluding carboxylic acids is 4. The normalized spacial score (nSPS) is 24.3. The molecule has 3 fully saturated rings.